The summed E-state index contributed by atoms with van der Waals surface area (Å²) in [6, 6.07) is 12.0. The summed E-state index contributed by atoms with van der Waals surface area (Å²) in [4.78, 5) is 0. The Bertz CT molecular complexity index is 137. The Labute approximate surface area is 64.7 Å². The minimum atomic E-state index is 0. The summed E-state index contributed by atoms with van der Waals surface area (Å²) in [6.07, 6.45) is 0. The van der Waals surface area contributed by atoms with Gasteiger partial charge < -0.3 is 0 Å². The van der Waals surface area contributed by atoms with Crippen LogP contribution in [0.3, 0.4) is 0 Å². The fourth-order valence-corrected chi connectivity index (χ4v) is 0.385. The molecule has 0 heterocycles. The molecule has 0 atom stereocenters. The zero-order chi connectivity index (χ0) is 7.82. The SMILES string of the molecule is C=C(C)C.[2HH].c1ccccc1. The molecule has 0 saturated carbocycles. The zero-order valence-corrected chi connectivity index (χ0v) is 6.67. The van der Waals surface area contributed by atoms with Gasteiger partial charge in [0.15, 0.2) is 0 Å². The second-order valence-corrected chi connectivity index (χ2v) is 2.36. The summed E-state index contributed by atoms with van der Waals surface area (Å²) in [5, 5.41) is 0. The van der Waals surface area contributed by atoms with Gasteiger partial charge in [0.2, 0.25) is 0 Å². The van der Waals surface area contributed by atoms with Crippen molar-refractivity contribution in [3.63, 3.8) is 0 Å². The lowest BCUT2D eigenvalue weighted by Crippen LogP contribution is -1.47. The summed E-state index contributed by atoms with van der Waals surface area (Å²) in [5.74, 6) is 0. The Morgan fingerprint density at radius 2 is 1.00 bits per heavy atom. The van der Waals surface area contributed by atoms with Crippen molar-refractivity contribution in [2.45, 2.75) is 13.8 Å². The Morgan fingerprint density at radius 3 is 1.10 bits per heavy atom. The van der Waals surface area contributed by atoms with Gasteiger partial charge in [0.25, 0.3) is 0 Å². The van der Waals surface area contributed by atoms with E-state index in [9.17, 15) is 0 Å². The highest BCUT2D eigenvalue weighted by Gasteiger charge is 1.57. The Morgan fingerprint density at radius 1 is 0.900 bits per heavy atom. The largest absolute Gasteiger partial charge is 0.100 e. The van der Waals surface area contributed by atoms with Crippen LogP contribution in [0.1, 0.15) is 15.3 Å². The molecular formula is C10H16. The maximum atomic E-state index is 3.56. The molecule has 0 aromatic heterocycles. The predicted octanol–water partition coefficient (Wildman–Crippen LogP) is 3.52. The van der Waals surface area contributed by atoms with Gasteiger partial charge in [-0.3, -0.25) is 0 Å². The highest BCUT2D eigenvalue weighted by molar-refractivity contribution is 4.99. The highest BCUT2D eigenvalue weighted by atomic mass is 13.6. The average Bonchev–Trinajstić information content (AvgIpc) is 1.90. The third-order valence-electron chi connectivity index (χ3n) is 0.667. The fraction of sp³-hybridized carbons (Fsp3) is 0.200. The molecule has 1 aromatic rings. The molecule has 0 nitrogen and oxygen atoms in total. The van der Waals surface area contributed by atoms with Crippen LogP contribution in [0.4, 0.5) is 0 Å². The highest BCUT2D eigenvalue weighted by Crippen LogP contribution is 1.79. The van der Waals surface area contributed by atoms with Crippen LogP contribution in [0.15, 0.2) is 48.6 Å². The molecule has 0 fully saturated rings. The molecule has 0 heteroatoms. The van der Waals surface area contributed by atoms with Gasteiger partial charge in [0.05, 0.1) is 0 Å². The molecule has 0 aliphatic heterocycles. The second-order valence-electron chi connectivity index (χ2n) is 2.36. The molecule has 0 unspecified atom stereocenters. The van der Waals surface area contributed by atoms with Crippen LogP contribution in [0, 0.1) is 0 Å². The average molecular weight is 137 g/mol. The molecule has 1 rings (SSSR count). The molecule has 0 saturated heterocycles. The molecule has 10 heavy (non-hydrogen) atoms. The van der Waals surface area contributed by atoms with E-state index in [1.165, 1.54) is 5.57 Å². The first-order valence-corrected chi connectivity index (χ1v) is 3.35. The van der Waals surface area contributed by atoms with Crippen LogP contribution < -0.4 is 0 Å². The van der Waals surface area contributed by atoms with Gasteiger partial charge in [-0.25, -0.2) is 0 Å². The van der Waals surface area contributed by atoms with Crippen molar-refractivity contribution < 1.29 is 1.43 Å². The second kappa shape index (κ2) is 6.09. The number of hydrogen-bond acceptors (Lipinski definition) is 0. The van der Waals surface area contributed by atoms with E-state index < -0.39 is 0 Å². The van der Waals surface area contributed by atoms with Gasteiger partial charge in [-0.2, -0.15) is 0 Å². The van der Waals surface area contributed by atoms with Gasteiger partial charge in [0, 0.05) is 1.43 Å². The summed E-state index contributed by atoms with van der Waals surface area (Å²) >= 11 is 0. The first-order chi connectivity index (χ1) is 4.73. The van der Waals surface area contributed by atoms with Gasteiger partial charge in [-0.1, -0.05) is 42.0 Å². The number of benzene rings is 1. The van der Waals surface area contributed by atoms with E-state index in [-0.39, 0.29) is 1.43 Å². The first-order valence-electron chi connectivity index (χ1n) is 3.35. The van der Waals surface area contributed by atoms with E-state index in [0.29, 0.717) is 0 Å². The number of rotatable bonds is 0. The van der Waals surface area contributed by atoms with E-state index in [1.54, 1.807) is 0 Å². The third-order valence-corrected chi connectivity index (χ3v) is 0.667. The van der Waals surface area contributed by atoms with Gasteiger partial charge >= 0.3 is 0 Å². The van der Waals surface area contributed by atoms with Crippen molar-refractivity contribution >= 4 is 0 Å². The van der Waals surface area contributed by atoms with E-state index in [1.807, 2.05) is 50.2 Å². The van der Waals surface area contributed by atoms with Crippen molar-refractivity contribution in [2.24, 2.45) is 0 Å². The van der Waals surface area contributed by atoms with E-state index in [2.05, 4.69) is 6.58 Å². The van der Waals surface area contributed by atoms with Crippen molar-refractivity contribution in [1.29, 1.82) is 0 Å². The van der Waals surface area contributed by atoms with Crippen LogP contribution in [-0.2, 0) is 0 Å². The van der Waals surface area contributed by atoms with Gasteiger partial charge in [-0.15, -0.1) is 6.58 Å². The van der Waals surface area contributed by atoms with Gasteiger partial charge in [0.1, 0.15) is 0 Å². The molecule has 0 radical (unpaired) electrons. The summed E-state index contributed by atoms with van der Waals surface area (Å²) < 4.78 is 0. The molecule has 1 aromatic carbocycles. The minimum absolute atomic E-state index is 0. The molecule has 56 valence electrons. The molecule has 0 spiro atoms. The quantitative estimate of drug-likeness (QED) is 0.480. The zero-order valence-electron chi connectivity index (χ0n) is 6.67. The van der Waals surface area contributed by atoms with E-state index in [0.717, 1.165) is 0 Å². The van der Waals surface area contributed by atoms with Crippen molar-refractivity contribution in [3.8, 4) is 0 Å². The topological polar surface area (TPSA) is 0 Å². The first kappa shape index (κ1) is 8.96. The van der Waals surface area contributed by atoms with Crippen LogP contribution in [-0.4, -0.2) is 0 Å². The molecule has 0 amide bonds. The predicted molar refractivity (Wildman–Crippen MR) is 49.0 cm³/mol. The maximum Gasteiger partial charge on any atom is 0 e. The standard InChI is InChI=1S/C6H6.C4H8.H2/c1-2-4-6-5-3-1;1-4(2)3;/h1-6H;1H2,2-3H3;1H/i;;1+1. The van der Waals surface area contributed by atoms with Crippen molar-refractivity contribution in [1.82, 2.24) is 0 Å². The smallest absolute Gasteiger partial charge is 0 e. The van der Waals surface area contributed by atoms with Crippen LogP contribution in [0.2, 0.25) is 0 Å². The monoisotopic (exact) mass is 137 g/mol. The molecule has 0 aliphatic carbocycles. The third kappa shape index (κ3) is 10.0. The molecule has 0 aliphatic rings. The summed E-state index contributed by atoms with van der Waals surface area (Å²) in [5.41, 5.74) is 1.17. The number of hydrogen-bond donors (Lipinski definition) is 0. The molecular weight excluding hydrogens is 120 g/mol. The maximum absolute atomic E-state index is 3.56. The van der Waals surface area contributed by atoms with Crippen molar-refractivity contribution in [2.75, 3.05) is 0 Å². The minimum Gasteiger partial charge on any atom is -0.100 e. The van der Waals surface area contributed by atoms with Crippen molar-refractivity contribution in [3.05, 3.63) is 48.6 Å². The molecule has 0 bridgehead atoms. The van der Waals surface area contributed by atoms with Gasteiger partial charge in [-0.05, 0) is 13.8 Å². The fourth-order valence-electron chi connectivity index (χ4n) is 0.385. The normalized spacial score (nSPS) is 7.40. The van der Waals surface area contributed by atoms with E-state index >= 15 is 0 Å². The Balaban J connectivity index is 0. The van der Waals surface area contributed by atoms with E-state index in [4.69, 9.17) is 0 Å². The number of allylic oxidation sites excluding steroid dienone is 1. The Hall–Kier alpha value is -1.04. The lowest BCUT2D eigenvalue weighted by atomic mass is 10.4. The summed E-state index contributed by atoms with van der Waals surface area (Å²) in [6.45, 7) is 7.50. The summed E-state index contributed by atoms with van der Waals surface area (Å²) in [7, 11) is 0. The lowest BCUT2D eigenvalue weighted by molar-refractivity contribution is 1.42. The van der Waals surface area contributed by atoms with Crippen LogP contribution in [0.25, 0.3) is 0 Å². The molecule has 0 N–H and O–H groups in total. The van der Waals surface area contributed by atoms with Crippen LogP contribution in [0.5, 0.6) is 0 Å². The van der Waals surface area contributed by atoms with Crippen LogP contribution >= 0.6 is 0 Å². The Kier molecular flexibility index (Phi) is 5.45. The lowest BCUT2D eigenvalue weighted by Gasteiger charge is -1.69.